The third kappa shape index (κ3) is 4.85. The van der Waals surface area contributed by atoms with Gasteiger partial charge in [-0.05, 0) is 18.4 Å². The SMILES string of the molecule is CC(CS(=O)(=O)N(C)C(C)CC(N)=S)c1ccccc1. The zero-order valence-corrected chi connectivity index (χ0v) is 13.7. The van der Waals surface area contributed by atoms with Crippen LogP contribution < -0.4 is 5.73 Å². The fraction of sp³-hybridized carbons (Fsp3) is 0.500. The van der Waals surface area contributed by atoms with E-state index in [4.69, 9.17) is 18.0 Å². The Hall–Kier alpha value is -0.980. The molecule has 0 bridgehead atoms. The normalized spacial score (nSPS) is 15.0. The van der Waals surface area contributed by atoms with Crippen LogP contribution in [0.1, 0.15) is 31.7 Å². The number of hydrogen-bond donors (Lipinski definition) is 1. The van der Waals surface area contributed by atoms with E-state index in [-0.39, 0.29) is 17.7 Å². The zero-order valence-electron chi connectivity index (χ0n) is 12.1. The maximum atomic E-state index is 12.4. The van der Waals surface area contributed by atoms with Gasteiger partial charge in [0.15, 0.2) is 0 Å². The Labute approximate surface area is 127 Å². The molecule has 0 aliphatic carbocycles. The van der Waals surface area contributed by atoms with Crippen molar-refractivity contribution in [3.63, 3.8) is 0 Å². The van der Waals surface area contributed by atoms with E-state index >= 15 is 0 Å². The highest BCUT2D eigenvalue weighted by atomic mass is 32.2. The van der Waals surface area contributed by atoms with Crippen molar-refractivity contribution in [2.45, 2.75) is 32.2 Å². The van der Waals surface area contributed by atoms with E-state index in [0.717, 1.165) is 5.56 Å². The van der Waals surface area contributed by atoms with Crippen LogP contribution in [0.3, 0.4) is 0 Å². The van der Waals surface area contributed by atoms with Gasteiger partial charge in [-0.25, -0.2) is 12.7 Å². The average Bonchev–Trinajstić information content (AvgIpc) is 2.37. The maximum absolute atomic E-state index is 12.4. The number of nitrogens with two attached hydrogens (primary N) is 1. The predicted octanol–water partition coefficient (Wildman–Crippen LogP) is 2.12. The number of sulfonamides is 1. The second-order valence-electron chi connectivity index (χ2n) is 5.13. The lowest BCUT2D eigenvalue weighted by molar-refractivity contribution is 0.395. The summed E-state index contributed by atoms with van der Waals surface area (Å²) in [5.41, 5.74) is 6.50. The minimum atomic E-state index is -3.33. The van der Waals surface area contributed by atoms with Gasteiger partial charge in [-0.15, -0.1) is 0 Å². The van der Waals surface area contributed by atoms with Gasteiger partial charge in [-0.1, -0.05) is 49.5 Å². The summed E-state index contributed by atoms with van der Waals surface area (Å²) in [6.45, 7) is 3.73. The molecule has 2 unspecified atom stereocenters. The molecule has 1 aromatic rings. The van der Waals surface area contributed by atoms with Crippen molar-refractivity contribution in [3.05, 3.63) is 35.9 Å². The van der Waals surface area contributed by atoms with Gasteiger partial charge in [0.05, 0.1) is 10.7 Å². The summed E-state index contributed by atoms with van der Waals surface area (Å²) in [4.78, 5) is 0.329. The molecule has 0 amide bonds. The van der Waals surface area contributed by atoms with Crippen molar-refractivity contribution in [1.29, 1.82) is 0 Å². The van der Waals surface area contributed by atoms with Gasteiger partial charge in [-0.3, -0.25) is 0 Å². The standard InChI is InChI=1S/C14H22N2O2S2/c1-11(13-7-5-4-6-8-13)10-20(17,18)16(3)12(2)9-14(15)19/h4-8,11-12H,9-10H2,1-3H3,(H2,15,19). The first-order valence-corrected chi connectivity index (χ1v) is 8.54. The Morgan fingerprint density at radius 2 is 1.85 bits per heavy atom. The third-order valence-corrected chi connectivity index (χ3v) is 5.71. The van der Waals surface area contributed by atoms with Crippen LogP contribution in [-0.4, -0.2) is 36.6 Å². The minimum absolute atomic E-state index is 0.0549. The summed E-state index contributed by atoms with van der Waals surface area (Å²) < 4.78 is 26.1. The highest BCUT2D eigenvalue weighted by Gasteiger charge is 2.26. The first-order chi connectivity index (χ1) is 9.24. The molecule has 1 aromatic carbocycles. The van der Waals surface area contributed by atoms with Gasteiger partial charge in [0, 0.05) is 19.5 Å². The van der Waals surface area contributed by atoms with Crippen LogP contribution in [0, 0.1) is 0 Å². The second kappa shape index (κ2) is 7.15. The lowest BCUT2D eigenvalue weighted by Gasteiger charge is -2.25. The predicted molar refractivity (Wildman–Crippen MR) is 87.3 cm³/mol. The van der Waals surface area contributed by atoms with Crippen LogP contribution in [0.5, 0.6) is 0 Å². The summed E-state index contributed by atoms with van der Waals surface area (Å²) in [7, 11) is -1.76. The molecule has 0 aromatic heterocycles. The minimum Gasteiger partial charge on any atom is -0.393 e. The number of nitrogens with zero attached hydrogens (tertiary/aromatic N) is 1. The van der Waals surface area contributed by atoms with E-state index in [1.54, 1.807) is 7.05 Å². The summed E-state index contributed by atoms with van der Waals surface area (Å²) >= 11 is 4.83. The molecule has 0 saturated carbocycles. The van der Waals surface area contributed by atoms with Gasteiger partial charge < -0.3 is 5.73 Å². The molecule has 20 heavy (non-hydrogen) atoms. The van der Waals surface area contributed by atoms with E-state index in [1.165, 1.54) is 4.31 Å². The molecular formula is C14H22N2O2S2. The maximum Gasteiger partial charge on any atom is 0.214 e. The quantitative estimate of drug-likeness (QED) is 0.783. The van der Waals surface area contributed by atoms with Crippen molar-refractivity contribution in [1.82, 2.24) is 4.31 Å². The van der Waals surface area contributed by atoms with Crippen LogP contribution in [0.2, 0.25) is 0 Å². The summed E-state index contributed by atoms with van der Waals surface area (Å²) in [5.74, 6) is 0.0236. The molecule has 0 spiro atoms. The molecule has 0 aliphatic heterocycles. The highest BCUT2D eigenvalue weighted by molar-refractivity contribution is 7.89. The van der Waals surface area contributed by atoms with E-state index in [0.29, 0.717) is 11.4 Å². The number of rotatable bonds is 7. The van der Waals surface area contributed by atoms with E-state index < -0.39 is 10.0 Å². The van der Waals surface area contributed by atoms with Gasteiger partial charge >= 0.3 is 0 Å². The highest BCUT2D eigenvalue weighted by Crippen LogP contribution is 2.19. The smallest absolute Gasteiger partial charge is 0.214 e. The van der Waals surface area contributed by atoms with Gasteiger partial charge in [0.2, 0.25) is 10.0 Å². The number of benzene rings is 1. The van der Waals surface area contributed by atoms with Crippen LogP contribution in [-0.2, 0) is 10.0 Å². The molecule has 0 radical (unpaired) electrons. The molecule has 1 rings (SSSR count). The molecule has 112 valence electrons. The molecular weight excluding hydrogens is 292 g/mol. The van der Waals surface area contributed by atoms with Gasteiger partial charge in [0.25, 0.3) is 0 Å². The summed E-state index contributed by atoms with van der Waals surface area (Å²) in [6, 6.07) is 9.41. The zero-order chi connectivity index (χ0) is 15.3. The van der Waals surface area contributed by atoms with Crippen LogP contribution >= 0.6 is 12.2 Å². The fourth-order valence-electron chi connectivity index (χ4n) is 2.01. The van der Waals surface area contributed by atoms with Crippen molar-refractivity contribution in [2.24, 2.45) is 5.73 Å². The fourth-order valence-corrected chi connectivity index (χ4v) is 3.93. The lowest BCUT2D eigenvalue weighted by atomic mass is 10.0. The van der Waals surface area contributed by atoms with E-state index in [2.05, 4.69) is 0 Å². The van der Waals surface area contributed by atoms with Crippen molar-refractivity contribution in [2.75, 3.05) is 12.8 Å². The average molecular weight is 314 g/mol. The largest absolute Gasteiger partial charge is 0.393 e. The van der Waals surface area contributed by atoms with Crippen LogP contribution in [0.4, 0.5) is 0 Å². The summed E-state index contributed by atoms with van der Waals surface area (Å²) in [6.07, 6.45) is 0.394. The molecule has 0 fully saturated rings. The second-order valence-corrected chi connectivity index (χ2v) is 7.72. The number of hydrogen-bond acceptors (Lipinski definition) is 3. The van der Waals surface area contributed by atoms with Gasteiger partial charge in [0.1, 0.15) is 0 Å². The third-order valence-electron chi connectivity index (χ3n) is 3.39. The Morgan fingerprint density at radius 1 is 1.30 bits per heavy atom. The van der Waals surface area contributed by atoms with Gasteiger partial charge in [-0.2, -0.15) is 0 Å². The first-order valence-electron chi connectivity index (χ1n) is 6.53. The lowest BCUT2D eigenvalue weighted by Crippen LogP contribution is -2.39. The topological polar surface area (TPSA) is 63.4 Å². The Bertz CT molecular complexity index is 544. The Balaban J connectivity index is 2.76. The van der Waals surface area contributed by atoms with Crippen molar-refractivity contribution in [3.8, 4) is 0 Å². The molecule has 4 nitrogen and oxygen atoms in total. The monoisotopic (exact) mass is 314 g/mol. The van der Waals surface area contributed by atoms with E-state index in [9.17, 15) is 8.42 Å². The molecule has 6 heteroatoms. The van der Waals surface area contributed by atoms with E-state index in [1.807, 2.05) is 44.2 Å². The van der Waals surface area contributed by atoms with Crippen molar-refractivity contribution >= 4 is 27.2 Å². The molecule has 2 N–H and O–H groups in total. The summed E-state index contributed by atoms with van der Waals surface area (Å²) in [5, 5.41) is 0. The molecule has 0 saturated heterocycles. The molecule has 0 aliphatic rings. The first kappa shape index (κ1) is 17.1. The van der Waals surface area contributed by atoms with Crippen LogP contribution in [0.25, 0.3) is 0 Å². The Kier molecular flexibility index (Phi) is 6.10. The molecule has 0 heterocycles. The number of thiocarbonyl (C=S) groups is 1. The molecule has 2 atom stereocenters. The van der Waals surface area contributed by atoms with Crippen LogP contribution in [0.15, 0.2) is 30.3 Å². The van der Waals surface area contributed by atoms with Crippen molar-refractivity contribution < 1.29 is 8.42 Å². The Morgan fingerprint density at radius 3 is 2.35 bits per heavy atom.